The highest BCUT2D eigenvalue weighted by atomic mass is 16.5. The van der Waals surface area contributed by atoms with E-state index in [0.717, 1.165) is 58.3 Å². The van der Waals surface area contributed by atoms with Gasteiger partial charge in [-0.25, -0.2) is 0 Å². The Balaban J connectivity index is 2.21. The van der Waals surface area contributed by atoms with Crippen LogP contribution in [0.3, 0.4) is 0 Å². The van der Waals surface area contributed by atoms with Crippen LogP contribution in [0.5, 0.6) is 0 Å². The molecule has 142 valence electrons. The number of methoxy groups -OCH3 is 1. The molecule has 1 heterocycles. The molecular weight excluding hydrogens is 302 g/mol. The Kier molecular flexibility index (Phi) is 12.8. The molecule has 1 aliphatic rings. The van der Waals surface area contributed by atoms with Crippen LogP contribution in [-0.4, -0.2) is 88.9 Å². The fraction of sp³-hybridized carbons (Fsp3) is 0.944. The zero-order chi connectivity index (χ0) is 17.5. The lowest BCUT2D eigenvalue weighted by molar-refractivity contribution is 0.180. The van der Waals surface area contributed by atoms with Crippen LogP contribution in [0.25, 0.3) is 0 Å². The molecule has 0 aliphatic carbocycles. The van der Waals surface area contributed by atoms with Gasteiger partial charge in [-0.05, 0) is 46.3 Å². The minimum atomic E-state index is 0.832. The molecule has 0 unspecified atom stereocenters. The molecule has 0 aromatic rings. The van der Waals surface area contributed by atoms with E-state index in [9.17, 15) is 0 Å². The molecule has 6 heteroatoms. The minimum Gasteiger partial charge on any atom is -0.385 e. The molecule has 0 amide bonds. The number of aliphatic imine (C=N–C) groups is 1. The van der Waals surface area contributed by atoms with Crippen molar-refractivity contribution in [3.63, 3.8) is 0 Å². The second kappa shape index (κ2) is 14.5. The van der Waals surface area contributed by atoms with Crippen LogP contribution in [0.1, 0.15) is 39.0 Å². The number of nitrogens with zero attached hydrogens (tertiary/aromatic N) is 3. The molecule has 1 saturated heterocycles. The Morgan fingerprint density at radius 2 is 1.88 bits per heavy atom. The summed E-state index contributed by atoms with van der Waals surface area (Å²) in [5, 5.41) is 6.78. The van der Waals surface area contributed by atoms with E-state index in [4.69, 9.17) is 9.73 Å². The number of ether oxygens (including phenoxy) is 1. The molecule has 6 nitrogen and oxygen atoms in total. The number of hydrogen-bond donors (Lipinski definition) is 2. The lowest BCUT2D eigenvalue weighted by Gasteiger charge is -2.20. The fourth-order valence-corrected chi connectivity index (χ4v) is 2.96. The molecule has 2 N–H and O–H groups in total. The van der Waals surface area contributed by atoms with Crippen LogP contribution in [0.2, 0.25) is 0 Å². The van der Waals surface area contributed by atoms with Crippen molar-refractivity contribution in [1.82, 2.24) is 20.4 Å². The van der Waals surface area contributed by atoms with Crippen molar-refractivity contribution in [2.45, 2.75) is 39.0 Å². The Labute approximate surface area is 149 Å². The van der Waals surface area contributed by atoms with Crippen molar-refractivity contribution in [3.05, 3.63) is 0 Å². The highest BCUT2D eigenvalue weighted by Crippen LogP contribution is 2.08. The van der Waals surface area contributed by atoms with E-state index in [0.29, 0.717) is 0 Å². The van der Waals surface area contributed by atoms with Gasteiger partial charge in [0.15, 0.2) is 5.96 Å². The van der Waals surface area contributed by atoms with Gasteiger partial charge >= 0.3 is 0 Å². The summed E-state index contributed by atoms with van der Waals surface area (Å²) < 4.78 is 5.09. The zero-order valence-corrected chi connectivity index (χ0v) is 16.1. The standard InChI is InChI=1S/C18H39N5O/c1-4-19-18(20-10-15-22(2)12-9-17-24-3)21-11-16-23-13-7-5-6-8-14-23/h4-17H2,1-3H3,(H2,19,20,21). The van der Waals surface area contributed by atoms with Crippen LogP contribution in [0.15, 0.2) is 4.99 Å². The summed E-state index contributed by atoms with van der Waals surface area (Å²) in [6, 6.07) is 0. The number of guanidine groups is 1. The number of likely N-dealkylation sites (tertiary alicyclic amines) is 1. The highest BCUT2D eigenvalue weighted by Gasteiger charge is 2.08. The first-order valence-corrected chi connectivity index (χ1v) is 9.68. The quantitative estimate of drug-likeness (QED) is 0.338. The van der Waals surface area contributed by atoms with E-state index in [2.05, 4.69) is 34.4 Å². The first-order chi connectivity index (χ1) is 11.8. The van der Waals surface area contributed by atoms with Crippen LogP contribution in [0, 0.1) is 0 Å². The summed E-state index contributed by atoms with van der Waals surface area (Å²) in [7, 11) is 3.91. The summed E-state index contributed by atoms with van der Waals surface area (Å²) in [5.74, 6) is 0.942. The summed E-state index contributed by atoms with van der Waals surface area (Å²) in [5.41, 5.74) is 0. The number of hydrogen-bond acceptors (Lipinski definition) is 4. The Morgan fingerprint density at radius 3 is 2.54 bits per heavy atom. The average Bonchev–Trinajstić information content (AvgIpc) is 2.84. The van der Waals surface area contributed by atoms with Gasteiger partial charge in [0.25, 0.3) is 0 Å². The lowest BCUT2D eigenvalue weighted by atomic mass is 10.2. The molecule has 0 radical (unpaired) electrons. The van der Waals surface area contributed by atoms with Crippen LogP contribution >= 0.6 is 0 Å². The van der Waals surface area contributed by atoms with Gasteiger partial charge in [0.2, 0.25) is 0 Å². The third-order valence-corrected chi connectivity index (χ3v) is 4.40. The van der Waals surface area contributed by atoms with E-state index >= 15 is 0 Å². The van der Waals surface area contributed by atoms with Gasteiger partial charge in [-0.2, -0.15) is 0 Å². The molecule has 1 fully saturated rings. The first kappa shape index (κ1) is 21.2. The molecule has 0 aromatic heterocycles. The van der Waals surface area contributed by atoms with Gasteiger partial charge in [-0.3, -0.25) is 4.99 Å². The van der Waals surface area contributed by atoms with E-state index in [1.54, 1.807) is 7.11 Å². The molecule has 24 heavy (non-hydrogen) atoms. The van der Waals surface area contributed by atoms with Crippen molar-refractivity contribution in [3.8, 4) is 0 Å². The van der Waals surface area contributed by atoms with E-state index in [1.807, 2.05) is 0 Å². The Morgan fingerprint density at radius 1 is 1.12 bits per heavy atom. The maximum atomic E-state index is 5.09. The van der Waals surface area contributed by atoms with Gasteiger partial charge in [-0.1, -0.05) is 12.8 Å². The third-order valence-electron chi connectivity index (χ3n) is 4.40. The van der Waals surface area contributed by atoms with Crippen molar-refractivity contribution in [2.75, 3.05) is 73.1 Å². The van der Waals surface area contributed by atoms with Crippen molar-refractivity contribution >= 4 is 5.96 Å². The number of nitrogens with one attached hydrogen (secondary N) is 2. The monoisotopic (exact) mass is 341 g/mol. The summed E-state index contributed by atoms with van der Waals surface area (Å²) in [4.78, 5) is 9.61. The van der Waals surface area contributed by atoms with E-state index in [-0.39, 0.29) is 0 Å². The van der Waals surface area contributed by atoms with Gasteiger partial charge < -0.3 is 25.2 Å². The lowest BCUT2D eigenvalue weighted by Crippen LogP contribution is -2.41. The molecule has 1 rings (SSSR count). The van der Waals surface area contributed by atoms with E-state index < -0.39 is 0 Å². The van der Waals surface area contributed by atoms with Gasteiger partial charge in [0.1, 0.15) is 0 Å². The zero-order valence-electron chi connectivity index (χ0n) is 16.1. The highest BCUT2D eigenvalue weighted by molar-refractivity contribution is 5.79. The van der Waals surface area contributed by atoms with Crippen molar-refractivity contribution in [1.29, 1.82) is 0 Å². The molecule has 0 spiro atoms. The van der Waals surface area contributed by atoms with Gasteiger partial charge in [0, 0.05) is 46.4 Å². The van der Waals surface area contributed by atoms with Crippen molar-refractivity contribution in [2.24, 2.45) is 4.99 Å². The second-order valence-corrected chi connectivity index (χ2v) is 6.59. The van der Waals surface area contributed by atoms with Gasteiger partial charge in [0.05, 0.1) is 6.54 Å². The maximum absolute atomic E-state index is 5.09. The number of rotatable bonds is 11. The summed E-state index contributed by atoms with van der Waals surface area (Å²) >= 11 is 0. The first-order valence-electron chi connectivity index (χ1n) is 9.68. The normalized spacial score (nSPS) is 17.1. The predicted octanol–water partition coefficient (Wildman–Crippen LogP) is 1.39. The van der Waals surface area contributed by atoms with Crippen LogP contribution in [0.4, 0.5) is 0 Å². The van der Waals surface area contributed by atoms with Crippen LogP contribution < -0.4 is 10.6 Å². The predicted molar refractivity (Wildman–Crippen MR) is 103 cm³/mol. The fourth-order valence-electron chi connectivity index (χ4n) is 2.96. The van der Waals surface area contributed by atoms with E-state index in [1.165, 1.54) is 38.8 Å². The van der Waals surface area contributed by atoms with Gasteiger partial charge in [-0.15, -0.1) is 0 Å². The molecular formula is C18H39N5O. The summed E-state index contributed by atoms with van der Waals surface area (Å²) in [6.45, 7) is 11.3. The largest absolute Gasteiger partial charge is 0.385 e. The molecule has 1 aliphatic heterocycles. The summed E-state index contributed by atoms with van der Waals surface area (Å²) in [6.07, 6.45) is 6.55. The molecule has 0 atom stereocenters. The average molecular weight is 342 g/mol. The SMILES string of the molecule is CCNC(=NCCN1CCCCCC1)NCCN(C)CCCOC. The molecule has 0 saturated carbocycles. The minimum absolute atomic E-state index is 0.832. The molecule has 0 bridgehead atoms. The smallest absolute Gasteiger partial charge is 0.191 e. The second-order valence-electron chi connectivity index (χ2n) is 6.59. The Hall–Kier alpha value is -0.850. The maximum Gasteiger partial charge on any atom is 0.191 e. The topological polar surface area (TPSA) is 52.1 Å². The number of likely N-dealkylation sites (N-methyl/N-ethyl adjacent to an activating group) is 1. The third kappa shape index (κ3) is 10.8. The molecule has 0 aromatic carbocycles. The Bertz CT molecular complexity index is 317. The van der Waals surface area contributed by atoms with Crippen LogP contribution in [-0.2, 0) is 4.74 Å². The van der Waals surface area contributed by atoms with Crippen molar-refractivity contribution < 1.29 is 4.74 Å².